The maximum Gasteiger partial charge on any atom is 0.407 e. The number of nitrogens with one attached hydrogen (secondary N) is 1. The SMILES string of the molecule is C=CCC(CCCC)NC(=O)OC(C)(C)C. The van der Waals surface area contributed by atoms with Crippen LogP contribution in [0.1, 0.15) is 53.4 Å². The number of amides is 1. The predicted molar refractivity (Wildman–Crippen MR) is 67.5 cm³/mol. The van der Waals surface area contributed by atoms with Gasteiger partial charge >= 0.3 is 6.09 Å². The molecule has 1 atom stereocenters. The fourth-order valence-corrected chi connectivity index (χ4v) is 1.37. The Hall–Kier alpha value is -0.990. The second kappa shape index (κ2) is 7.31. The van der Waals surface area contributed by atoms with Crippen molar-refractivity contribution in [2.45, 2.75) is 65.0 Å². The van der Waals surface area contributed by atoms with Crippen LogP contribution in [-0.4, -0.2) is 17.7 Å². The lowest BCUT2D eigenvalue weighted by atomic mass is 10.1. The standard InChI is InChI=1S/C13H25NO2/c1-6-8-10-11(9-7-2)14-12(15)16-13(3,4)5/h7,11H,2,6,8-10H2,1,3-5H3,(H,14,15). The molecule has 0 aliphatic heterocycles. The van der Waals surface area contributed by atoms with Crippen LogP contribution in [0.2, 0.25) is 0 Å². The van der Waals surface area contributed by atoms with Gasteiger partial charge < -0.3 is 10.1 Å². The van der Waals surface area contributed by atoms with Gasteiger partial charge in [0.25, 0.3) is 0 Å². The summed E-state index contributed by atoms with van der Waals surface area (Å²) < 4.78 is 5.21. The van der Waals surface area contributed by atoms with Crippen LogP contribution >= 0.6 is 0 Å². The summed E-state index contributed by atoms with van der Waals surface area (Å²) in [6.45, 7) is 11.4. The molecule has 0 aliphatic rings. The number of unbranched alkanes of at least 4 members (excludes halogenated alkanes) is 1. The van der Waals surface area contributed by atoms with Crippen LogP contribution in [0.15, 0.2) is 12.7 Å². The number of ether oxygens (including phenoxy) is 1. The molecular formula is C13H25NO2. The molecule has 0 saturated carbocycles. The fraction of sp³-hybridized carbons (Fsp3) is 0.769. The highest BCUT2D eigenvalue weighted by atomic mass is 16.6. The summed E-state index contributed by atoms with van der Waals surface area (Å²) >= 11 is 0. The summed E-state index contributed by atoms with van der Waals surface area (Å²) in [6, 6.07) is 0.146. The number of hydrogen-bond acceptors (Lipinski definition) is 2. The Morgan fingerprint density at radius 3 is 2.56 bits per heavy atom. The quantitative estimate of drug-likeness (QED) is 0.703. The van der Waals surface area contributed by atoms with E-state index in [2.05, 4.69) is 18.8 Å². The third kappa shape index (κ3) is 8.33. The van der Waals surface area contributed by atoms with E-state index >= 15 is 0 Å². The number of rotatable bonds is 6. The average molecular weight is 227 g/mol. The Morgan fingerprint density at radius 2 is 2.12 bits per heavy atom. The van der Waals surface area contributed by atoms with E-state index in [4.69, 9.17) is 4.74 Å². The van der Waals surface area contributed by atoms with E-state index in [-0.39, 0.29) is 12.1 Å². The molecule has 0 rings (SSSR count). The zero-order valence-electron chi connectivity index (χ0n) is 11.0. The van der Waals surface area contributed by atoms with Crippen molar-refractivity contribution >= 4 is 6.09 Å². The van der Waals surface area contributed by atoms with Crippen LogP contribution in [0.4, 0.5) is 4.79 Å². The van der Waals surface area contributed by atoms with E-state index in [0.29, 0.717) is 0 Å². The molecule has 0 heterocycles. The van der Waals surface area contributed by atoms with Gasteiger partial charge in [-0.3, -0.25) is 0 Å². The van der Waals surface area contributed by atoms with Crippen molar-refractivity contribution in [2.75, 3.05) is 0 Å². The molecule has 0 bridgehead atoms. The number of carbonyl (C=O) groups excluding carboxylic acids is 1. The summed E-state index contributed by atoms with van der Waals surface area (Å²) in [5.74, 6) is 0. The van der Waals surface area contributed by atoms with E-state index in [1.807, 2.05) is 26.8 Å². The first-order chi connectivity index (χ1) is 7.39. The van der Waals surface area contributed by atoms with E-state index in [1.54, 1.807) is 0 Å². The van der Waals surface area contributed by atoms with Gasteiger partial charge in [0.05, 0.1) is 0 Å². The molecular weight excluding hydrogens is 202 g/mol. The van der Waals surface area contributed by atoms with Gasteiger partial charge in [-0.25, -0.2) is 4.79 Å². The van der Waals surface area contributed by atoms with Crippen LogP contribution in [0.25, 0.3) is 0 Å². The molecule has 3 nitrogen and oxygen atoms in total. The topological polar surface area (TPSA) is 38.3 Å². The minimum atomic E-state index is -0.437. The molecule has 1 N–H and O–H groups in total. The molecule has 0 saturated heterocycles. The third-order valence-corrected chi connectivity index (χ3v) is 2.08. The first-order valence-electron chi connectivity index (χ1n) is 5.99. The molecule has 1 amide bonds. The number of hydrogen-bond donors (Lipinski definition) is 1. The van der Waals surface area contributed by atoms with Crippen molar-refractivity contribution in [1.29, 1.82) is 0 Å². The monoisotopic (exact) mass is 227 g/mol. The van der Waals surface area contributed by atoms with E-state index in [9.17, 15) is 4.79 Å². The van der Waals surface area contributed by atoms with E-state index < -0.39 is 5.60 Å². The third-order valence-electron chi connectivity index (χ3n) is 2.08. The molecule has 0 fully saturated rings. The maximum atomic E-state index is 11.5. The molecule has 1 unspecified atom stereocenters. The fourth-order valence-electron chi connectivity index (χ4n) is 1.37. The zero-order valence-corrected chi connectivity index (χ0v) is 11.0. The molecule has 0 aromatic heterocycles. The molecule has 0 aromatic rings. The van der Waals surface area contributed by atoms with Crippen molar-refractivity contribution in [3.8, 4) is 0 Å². The summed E-state index contributed by atoms with van der Waals surface area (Å²) in [5, 5.41) is 2.88. The van der Waals surface area contributed by atoms with Gasteiger partial charge in [0, 0.05) is 6.04 Å². The van der Waals surface area contributed by atoms with Gasteiger partial charge in [0.15, 0.2) is 0 Å². The van der Waals surface area contributed by atoms with Gasteiger partial charge in [0.2, 0.25) is 0 Å². The predicted octanol–water partition coefficient (Wildman–Crippen LogP) is 3.65. The second-order valence-electron chi connectivity index (χ2n) is 5.01. The van der Waals surface area contributed by atoms with Crippen LogP contribution in [0.5, 0.6) is 0 Å². The van der Waals surface area contributed by atoms with Crippen molar-refractivity contribution in [2.24, 2.45) is 0 Å². The van der Waals surface area contributed by atoms with Gasteiger partial charge in [-0.1, -0.05) is 25.8 Å². The van der Waals surface area contributed by atoms with Crippen molar-refractivity contribution in [3.05, 3.63) is 12.7 Å². The smallest absolute Gasteiger partial charge is 0.407 e. The van der Waals surface area contributed by atoms with E-state index in [1.165, 1.54) is 0 Å². The van der Waals surface area contributed by atoms with Gasteiger partial charge in [-0.05, 0) is 33.6 Å². The Morgan fingerprint density at radius 1 is 1.50 bits per heavy atom. The number of carbonyl (C=O) groups is 1. The minimum Gasteiger partial charge on any atom is -0.444 e. The van der Waals surface area contributed by atoms with Crippen molar-refractivity contribution in [1.82, 2.24) is 5.32 Å². The maximum absolute atomic E-state index is 11.5. The molecule has 3 heteroatoms. The summed E-state index contributed by atoms with van der Waals surface area (Å²) in [7, 11) is 0. The zero-order chi connectivity index (χ0) is 12.6. The highest BCUT2D eigenvalue weighted by Gasteiger charge is 2.18. The van der Waals surface area contributed by atoms with Crippen LogP contribution in [0.3, 0.4) is 0 Å². The molecule has 0 radical (unpaired) electrons. The Labute approximate surface area is 99.3 Å². The average Bonchev–Trinajstić information content (AvgIpc) is 2.11. The molecule has 0 aromatic carbocycles. The normalized spacial score (nSPS) is 13.0. The minimum absolute atomic E-state index is 0.146. The van der Waals surface area contributed by atoms with Crippen molar-refractivity contribution < 1.29 is 9.53 Å². The number of alkyl carbamates (subject to hydrolysis) is 1. The lowest BCUT2D eigenvalue weighted by Gasteiger charge is -2.23. The highest BCUT2D eigenvalue weighted by molar-refractivity contribution is 5.68. The van der Waals surface area contributed by atoms with Crippen LogP contribution < -0.4 is 5.32 Å². The Balaban J connectivity index is 4.06. The van der Waals surface area contributed by atoms with Crippen LogP contribution in [-0.2, 0) is 4.74 Å². The van der Waals surface area contributed by atoms with Gasteiger partial charge in [0.1, 0.15) is 5.60 Å². The molecule has 16 heavy (non-hydrogen) atoms. The summed E-state index contributed by atoms with van der Waals surface area (Å²) in [4.78, 5) is 11.5. The summed E-state index contributed by atoms with van der Waals surface area (Å²) in [6.07, 6.45) is 5.49. The first-order valence-corrected chi connectivity index (χ1v) is 5.99. The Kier molecular flexibility index (Phi) is 6.86. The van der Waals surface area contributed by atoms with E-state index in [0.717, 1.165) is 25.7 Å². The molecule has 0 aliphatic carbocycles. The lowest BCUT2D eigenvalue weighted by molar-refractivity contribution is 0.0502. The van der Waals surface area contributed by atoms with Gasteiger partial charge in [-0.2, -0.15) is 0 Å². The summed E-state index contributed by atoms with van der Waals surface area (Å²) in [5.41, 5.74) is -0.437. The Bertz CT molecular complexity index is 218. The largest absolute Gasteiger partial charge is 0.444 e. The van der Waals surface area contributed by atoms with Gasteiger partial charge in [-0.15, -0.1) is 6.58 Å². The van der Waals surface area contributed by atoms with Crippen molar-refractivity contribution in [3.63, 3.8) is 0 Å². The molecule has 0 spiro atoms. The second-order valence-corrected chi connectivity index (χ2v) is 5.01. The highest BCUT2D eigenvalue weighted by Crippen LogP contribution is 2.09. The lowest BCUT2D eigenvalue weighted by Crippen LogP contribution is -2.38. The molecule has 94 valence electrons. The van der Waals surface area contributed by atoms with Crippen LogP contribution in [0, 0.1) is 0 Å². The first kappa shape index (κ1) is 15.0.